The Labute approximate surface area is 110 Å². The molecule has 1 aliphatic rings. The number of hydrogen-bond donors (Lipinski definition) is 1. The van der Waals surface area contributed by atoms with E-state index in [9.17, 15) is 13.2 Å². The lowest BCUT2D eigenvalue weighted by Gasteiger charge is -2.23. The summed E-state index contributed by atoms with van der Waals surface area (Å²) in [5.41, 5.74) is 5.95. The quantitative estimate of drug-likeness (QED) is 0.840. The highest BCUT2D eigenvalue weighted by Gasteiger charge is 2.32. The largest absolute Gasteiger partial charge is 0.416 e. The maximum Gasteiger partial charge on any atom is 0.416 e. The molecule has 1 aromatic carbocycles. The van der Waals surface area contributed by atoms with E-state index >= 15 is 0 Å². The molecule has 6 heteroatoms. The summed E-state index contributed by atoms with van der Waals surface area (Å²) in [6.07, 6.45) is -3.35. The predicted molar refractivity (Wildman–Crippen MR) is 70.2 cm³/mol. The first-order chi connectivity index (χ1) is 8.79. The van der Waals surface area contributed by atoms with Crippen LogP contribution in [0.2, 0.25) is 0 Å². The van der Waals surface area contributed by atoms with Crippen LogP contribution in [0, 0.1) is 0 Å². The molecule has 1 heterocycles. The smallest absolute Gasteiger partial charge is 0.397 e. The van der Waals surface area contributed by atoms with Crippen molar-refractivity contribution < 1.29 is 13.2 Å². The van der Waals surface area contributed by atoms with E-state index < -0.39 is 11.7 Å². The van der Waals surface area contributed by atoms with Crippen LogP contribution in [0.4, 0.5) is 24.5 Å². The van der Waals surface area contributed by atoms with Crippen LogP contribution >= 0.6 is 0 Å². The second-order valence-corrected chi connectivity index (χ2v) is 5.12. The van der Waals surface area contributed by atoms with Crippen molar-refractivity contribution in [3.8, 4) is 0 Å². The Morgan fingerprint density at radius 2 is 2.00 bits per heavy atom. The molecular formula is C13H18F3N3. The Morgan fingerprint density at radius 1 is 1.32 bits per heavy atom. The number of alkyl halides is 3. The molecule has 19 heavy (non-hydrogen) atoms. The van der Waals surface area contributed by atoms with Gasteiger partial charge < -0.3 is 15.5 Å². The summed E-state index contributed by atoms with van der Waals surface area (Å²) >= 11 is 0. The van der Waals surface area contributed by atoms with Gasteiger partial charge in [-0.2, -0.15) is 13.2 Å². The van der Waals surface area contributed by atoms with E-state index in [1.807, 2.05) is 19.0 Å². The van der Waals surface area contributed by atoms with Gasteiger partial charge in [-0.3, -0.25) is 0 Å². The number of anilines is 2. The van der Waals surface area contributed by atoms with Crippen molar-refractivity contribution in [1.29, 1.82) is 0 Å². The van der Waals surface area contributed by atoms with Crippen LogP contribution in [0.15, 0.2) is 18.2 Å². The molecule has 0 unspecified atom stereocenters. The van der Waals surface area contributed by atoms with E-state index in [0.717, 1.165) is 31.6 Å². The Morgan fingerprint density at radius 3 is 2.47 bits per heavy atom. The van der Waals surface area contributed by atoms with E-state index in [4.69, 9.17) is 5.73 Å². The lowest BCUT2D eigenvalue weighted by Crippen LogP contribution is -2.31. The summed E-state index contributed by atoms with van der Waals surface area (Å²) in [5, 5.41) is 0. The molecule has 1 aromatic rings. The van der Waals surface area contributed by atoms with Crippen LogP contribution in [0.25, 0.3) is 0 Å². The number of hydrogen-bond acceptors (Lipinski definition) is 3. The zero-order chi connectivity index (χ0) is 14.2. The minimum atomic E-state index is -4.34. The van der Waals surface area contributed by atoms with E-state index in [2.05, 4.69) is 4.90 Å². The minimum absolute atomic E-state index is 0.189. The van der Waals surface area contributed by atoms with Gasteiger partial charge in [-0.25, -0.2) is 0 Å². The van der Waals surface area contributed by atoms with Crippen molar-refractivity contribution in [1.82, 2.24) is 4.90 Å². The van der Waals surface area contributed by atoms with E-state index in [0.29, 0.717) is 11.7 Å². The molecule has 1 fully saturated rings. The number of likely N-dealkylation sites (N-methyl/N-ethyl adjacent to an activating group) is 1. The first-order valence-corrected chi connectivity index (χ1v) is 6.17. The Hall–Kier alpha value is -1.43. The van der Waals surface area contributed by atoms with Crippen molar-refractivity contribution in [3.63, 3.8) is 0 Å². The number of nitrogens with two attached hydrogens (primary N) is 1. The first-order valence-electron chi connectivity index (χ1n) is 6.17. The molecule has 106 valence electrons. The first kappa shape index (κ1) is 14.0. The predicted octanol–water partition coefficient (Wildman–Crippen LogP) is 2.43. The summed E-state index contributed by atoms with van der Waals surface area (Å²) in [5.74, 6) is 0. The van der Waals surface area contributed by atoms with Crippen molar-refractivity contribution in [2.45, 2.75) is 18.6 Å². The highest BCUT2D eigenvalue weighted by molar-refractivity contribution is 5.69. The highest BCUT2D eigenvalue weighted by Crippen LogP contribution is 2.35. The zero-order valence-corrected chi connectivity index (χ0v) is 11.0. The van der Waals surface area contributed by atoms with Crippen LogP contribution in [-0.2, 0) is 6.18 Å². The van der Waals surface area contributed by atoms with E-state index in [1.54, 1.807) is 0 Å². The van der Waals surface area contributed by atoms with Gasteiger partial charge in [-0.15, -0.1) is 0 Å². The molecule has 0 spiro atoms. The topological polar surface area (TPSA) is 32.5 Å². The molecule has 0 bridgehead atoms. The molecular weight excluding hydrogens is 255 g/mol. The van der Waals surface area contributed by atoms with Gasteiger partial charge in [0.25, 0.3) is 0 Å². The lowest BCUT2D eigenvalue weighted by atomic mass is 10.1. The summed E-state index contributed by atoms with van der Waals surface area (Å²) in [7, 11) is 4.01. The average molecular weight is 273 g/mol. The standard InChI is InChI=1S/C13H18F3N3/c1-18(2)10-5-6-19(8-10)12-4-3-9(7-11(12)17)13(14,15)16/h3-4,7,10H,5-6,8,17H2,1-2H3/t10-/m1/s1. The minimum Gasteiger partial charge on any atom is -0.397 e. The van der Waals surface area contributed by atoms with Crippen LogP contribution < -0.4 is 10.6 Å². The van der Waals surface area contributed by atoms with Gasteiger partial charge in [0, 0.05) is 19.1 Å². The van der Waals surface area contributed by atoms with Gasteiger partial charge in [0.15, 0.2) is 0 Å². The Kier molecular flexibility index (Phi) is 3.62. The number of halogens is 3. The van der Waals surface area contributed by atoms with Crippen LogP contribution in [0.1, 0.15) is 12.0 Å². The number of rotatable bonds is 2. The molecule has 0 amide bonds. The van der Waals surface area contributed by atoms with Crippen molar-refractivity contribution in [2.24, 2.45) is 0 Å². The SMILES string of the molecule is CN(C)[C@@H]1CCN(c2ccc(C(F)(F)F)cc2N)C1. The van der Waals surface area contributed by atoms with Crippen molar-refractivity contribution in [2.75, 3.05) is 37.8 Å². The number of benzene rings is 1. The van der Waals surface area contributed by atoms with Crippen molar-refractivity contribution in [3.05, 3.63) is 23.8 Å². The van der Waals surface area contributed by atoms with Gasteiger partial charge in [-0.1, -0.05) is 0 Å². The average Bonchev–Trinajstić information content (AvgIpc) is 2.76. The molecule has 1 saturated heterocycles. The zero-order valence-electron chi connectivity index (χ0n) is 11.0. The maximum absolute atomic E-state index is 12.6. The lowest BCUT2D eigenvalue weighted by molar-refractivity contribution is -0.137. The summed E-state index contributed by atoms with van der Waals surface area (Å²) in [4.78, 5) is 4.17. The molecule has 0 saturated carbocycles. The summed E-state index contributed by atoms with van der Waals surface area (Å²) in [6.45, 7) is 1.61. The molecule has 1 aliphatic heterocycles. The number of nitrogen functional groups attached to an aromatic ring is 1. The second kappa shape index (κ2) is 4.92. The highest BCUT2D eigenvalue weighted by atomic mass is 19.4. The third kappa shape index (κ3) is 2.94. The molecule has 0 aromatic heterocycles. The van der Waals surface area contributed by atoms with Gasteiger partial charge >= 0.3 is 6.18 Å². The van der Waals surface area contributed by atoms with Crippen molar-refractivity contribution >= 4 is 11.4 Å². The molecule has 2 N–H and O–H groups in total. The molecule has 0 radical (unpaired) electrons. The summed E-state index contributed by atoms with van der Waals surface area (Å²) < 4.78 is 37.7. The molecule has 0 aliphatic carbocycles. The number of nitrogens with zero attached hydrogens (tertiary/aromatic N) is 2. The van der Waals surface area contributed by atoms with Gasteiger partial charge in [0.1, 0.15) is 0 Å². The van der Waals surface area contributed by atoms with Crippen LogP contribution in [-0.4, -0.2) is 38.1 Å². The normalized spacial score (nSPS) is 20.3. The third-order valence-corrected chi connectivity index (χ3v) is 3.59. The maximum atomic E-state index is 12.6. The Balaban J connectivity index is 2.19. The second-order valence-electron chi connectivity index (χ2n) is 5.12. The monoisotopic (exact) mass is 273 g/mol. The third-order valence-electron chi connectivity index (χ3n) is 3.59. The molecule has 3 nitrogen and oxygen atoms in total. The summed E-state index contributed by atoms with van der Waals surface area (Å²) in [6, 6.07) is 3.99. The van der Waals surface area contributed by atoms with Gasteiger partial charge in [0.05, 0.1) is 16.9 Å². The van der Waals surface area contributed by atoms with Gasteiger partial charge in [0.2, 0.25) is 0 Å². The fourth-order valence-corrected chi connectivity index (χ4v) is 2.40. The van der Waals surface area contributed by atoms with E-state index in [-0.39, 0.29) is 5.69 Å². The Bertz CT molecular complexity index is 457. The molecule has 1 atom stereocenters. The fourth-order valence-electron chi connectivity index (χ4n) is 2.40. The van der Waals surface area contributed by atoms with Crippen LogP contribution in [0.5, 0.6) is 0 Å². The van der Waals surface area contributed by atoms with Gasteiger partial charge in [-0.05, 0) is 38.7 Å². The van der Waals surface area contributed by atoms with E-state index in [1.165, 1.54) is 6.07 Å². The van der Waals surface area contributed by atoms with Crippen LogP contribution in [0.3, 0.4) is 0 Å². The fraction of sp³-hybridized carbons (Fsp3) is 0.538. The molecule has 2 rings (SSSR count).